The van der Waals surface area contributed by atoms with Crippen LogP contribution >= 0.6 is 0 Å². The third-order valence-electron chi connectivity index (χ3n) is 4.21. The zero-order valence-electron chi connectivity index (χ0n) is 14.2. The monoisotopic (exact) mass is 324 g/mol. The van der Waals surface area contributed by atoms with Gasteiger partial charge in [-0.3, -0.25) is 9.88 Å². The van der Waals surface area contributed by atoms with Crippen LogP contribution in [0.2, 0.25) is 0 Å². The maximum Gasteiger partial charge on any atom is 0.131 e. The van der Waals surface area contributed by atoms with Gasteiger partial charge in [-0.05, 0) is 31.7 Å². The first-order valence-corrected chi connectivity index (χ1v) is 7.89. The Morgan fingerprint density at radius 2 is 2.00 bits per heavy atom. The molecule has 0 atom stereocenters. The van der Waals surface area contributed by atoms with E-state index in [0.717, 1.165) is 29.2 Å². The fourth-order valence-electron chi connectivity index (χ4n) is 2.75. The van der Waals surface area contributed by atoms with Crippen LogP contribution in [0.1, 0.15) is 17.1 Å². The SMILES string of the molecule is Cc1ncc(CN(C)Cc2ccc(-c3cccnc3)c(F)c2)n1C. The summed E-state index contributed by atoms with van der Waals surface area (Å²) in [5.74, 6) is 0.774. The number of hydrogen-bond acceptors (Lipinski definition) is 3. The van der Waals surface area contributed by atoms with Crippen molar-refractivity contribution in [3.8, 4) is 11.1 Å². The number of halogens is 1. The lowest BCUT2D eigenvalue weighted by Gasteiger charge is -2.17. The van der Waals surface area contributed by atoms with Crippen LogP contribution in [0.4, 0.5) is 4.39 Å². The van der Waals surface area contributed by atoms with E-state index in [0.29, 0.717) is 12.1 Å². The number of aryl methyl sites for hydroxylation is 1. The number of benzene rings is 1. The molecule has 1 aromatic carbocycles. The van der Waals surface area contributed by atoms with Crippen molar-refractivity contribution in [2.75, 3.05) is 7.05 Å². The second kappa shape index (κ2) is 6.93. The molecule has 0 bridgehead atoms. The summed E-state index contributed by atoms with van der Waals surface area (Å²) < 4.78 is 16.5. The summed E-state index contributed by atoms with van der Waals surface area (Å²) in [6, 6.07) is 9.07. The lowest BCUT2D eigenvalue weighted by atomic mass is 10.0. The van der Waals surface area contributed by atoms with Gasteiger partial charge >= 0.3 is 0 Å². The van der Waals surface area contributed by atoms with Crippen LogP contribution in [0.25, 0.3) is 11.1 Å². The number of imidazole rings is 1. The number of aromatic nitrogens is 3. The standard InChI is InChI=1S/C19H21FN4/c1-14-22-11-17(24(14)3)13-23(2)12-15-6-7-18(19(20)9-15)16-5-4-8-21-10-16/h4-11H,12-13H2,1-3H3. The molecule has 0 N–H and O–H groups in total. The molecule has 124 valence electrons. The molecule has 3 rings (SSSR count). The minimum absolute atomic E-state index is 0.217. The first kappa shape index (κ1) is 16.3. The molecule has 24 heavy (non-hydrogen) atoms. The van der Waals surface area contributed by atoms with E-state index < -0.39 is 0 Å². The molecule has 0 aliphatic rings. The number of hydrogen-bond donors (Lipinski definition) is 0. The molecule has 0 spiro atoms. The molecule has 0 saturated carbocycles. The zero-order valence-corrected chi connectivity index (χ0v) is 14.2. The molecule has 0 amide bonds. The van der Waals surface area contributed by atoms with E-state index in [2.05, 4.69) is 19.4 Å². The topological polar surface area (TPSA) is 34.0 Å². The Balaban J connectivity index is 1.71. The third-order valence-corrected chi connectivity index (χ3v) is 4.21. The highest BCUT2D eigenvalue weighted by Crippen LogP contribution is 2.23. The van der Waals surface area contributed by atoms with Gasteiger partial charge in [0.25, 0.3) is 0 Å². The predicted octanol–water partition coefficient (Wildman–Crippen LogP) is 3.56. The molecule has 3 aromatic rings. The van der Waals surface area contributed by atoms with E-state index in [9.17, 15) is 4.39 Å². The lowest BCUT2D eigenvalue weighted by molar-refractivity contribution is 0.311. The zero-order chi connectivity index (χ0) is 17.1. The predicted molar refractivity (Wildman–Crippen MR) is 92.7 cm³/mol. The molecule has 0 aliphatic carbocycles. The maximum absolute atomic E-state index is 14.4. The normalized spacial score (nSPS) is 11.2. The van der Waals surface area contributed by atoms with Crippen molar-refractivity contribution in [1.29, 1.82) is 0 Å². The van der Waals surface area contributed by atoms with E-state index in [-0.39, 0.29) is 5.82 Å². The van der Waals surface area contributed by atoms with Crippen molar-refractivity contribution >= 4 is 0 Å². The largest absolute Gasteiger partial charge is 0.334 e. The summed E-state index contributed by atoms with van der Waals surface area (Å²) in [6.07, 6.45) is 5.25. The molecule has 0 fully saturated rings. The van der Waals surface area contributed by atoms with Crippen LogP contribution in [0.3, 0.4) is 0 Å². The van der Waals surface area contributed by atoms with Crippen molar-refractivity contribution in [2.24, 2.45) is 7.05 Å². The molecule has 0 radical (unpaired) electrons. The maximum atomic E-state index is 14.4. The molecule has 2 heterocycles. The fraction of sp³-hybridized carbons (Fsp3) is 0.263. The average Bonchev–Trinajstić information content (AvgIpc) is 2.88. The Hall–Kier alpha value is -2.53. The minimum Gasteiger partial charge on any atom is -0.334 e. The highest BCUT2D eigenvalue weighted by atomic mass is 19.1. The van der Waals surface area contributed by atoms with Crippen LogP contribution in [-0.2, 0) is 20.1 Å². The Morgan fingerprint density at radius 1 is 1.17 bits per heavy atom. The van der Waals surface area contributed by atoms with Gasteiger partial charge < -0.3 is 4.57 Å². The smallest absolute Gasteiger partial charge is 0.131 e. The van der Waals surface area contributed by atoms with Crippen LogP contribution in [0.5, 0.6) is 0 Å². The molecule has 0 aliphatic heterocycles. The van der Waals surface area contributed by atoms with Gasteiger partial charge in [-0.2, -0.15) is 0 Å². The van der Waals surface area contributed by atoms with E-state index in [1.165, 1.54) is 0 Å². The highest BCUT2D eigenvalue weighted by molar-refractivity contribution is 5.63. The van der Waals surface area contributed by atoms with Crippen molar-refractivity contribution < 1.29 is 4.39 Å². The average molecular weight is 324 g/mol. The van der Waals surface area contributed by atoms with Crippen molar-refractivity contribution in [3.63, 3.8) is 0 Å². The van der Waals surface area contributed by atoms with Gasteiger partial charge in [0.1, 0.15) is 11.6 Å². The van der Waals surface area contributed by atoms with E-state index in [1.807, 2.05) is 51.5 Å². The van der Waals surface area contributed by atoms with Gasteiger partial charge in [-0.15, -0.1) is 0 Å². The Bertz CT molecular complexity index is 827. The van der Waals surface area contributed by atoms with Gasteiger partial charge in [0.2, 0.25) is 0 Å². The van der Waals surface area contributed by atoms with Gasteiger partial charge in [-0.1, -0.05) is 18.2 Å². The van der Waals surface area contributed by atoms with E-state index in [4.69, 9.17) is 0 Å². The number of nitrogens with zero attached hydrogens (tertiary/aromatic N) is 4. The first-order valence-electron chi connectivity index (χ1n) is 7.89. The highest BCUT2D eigenvalue weighted by Gasteiger charge is 2.10. The summed E-state index contributed by atoms with van der Waals surface area (Å²) >= 11 is 0. The van der Waals surface area contributed by atoms with Crippen molar-refractivity contribution in [1.82, 2.24) is 19.4 Å². The van der Waals surface area contributed by atoms with E-state index >= 15 is 0 Å². The van der Waals surface area contributed by atoms with E-state index in [1.54, 1.807) is 18.5 Å². The van der Waals surface area contributed by atoms with Crippen molar-refractivity contribution in [2.45, 2.75) is 20.0 Å². The van der Waals surface area contributed by atoms with Gasteiger partial charge in [0, 0.05) is 49.9 Å². The second-order valence-corrected chi connectivity index (χ2v) is 6.08. The molecule has 4 nitrogen and oxygen atoms in total. The van der Waals surface area contributed by atoms with Crippen LogP contribution in [-0.4, -0.2) is 26.5 Å². The summed E-state index contributed by atoms with van der Waals surface area (Å²) in [5.41, 5.74) is 3.46. The molecule has 0 unspecified atom stereocenters. The van der Waals surface area contributed by atoms with Crippen molar-refractivity contribution in [3.05, 3.63) is 71.8 Å². The van der Waals surface area contributed by atoms with Crippen LogP contribution in [0, 0.1) is 12.7 Å². The minimum atomic E-state index is -0.217. The molecule has 2 aromatic heterocycles. The van der Waals surface area contributed by atoms with Gasteiger partial charge in [0.15, 0.2) is 0 Å². The third kappa shape index (κ3) is 3.51. The molecule has 5 heteroatoms. The number of pyridine rings is 1. The summed E-state index contributed by atoms with van der Waals surface area (Å²) in [4.78, 5) is 10.5. The molecular weight excluding hydrogens is 303 g/mol. The number of rotatable bonds is 5. The Kier molecular flexibility index (Phi) is 4.71. The van der Waals surface area contributed by atoms with Crippen LogP contribution in [0.15, 0.2) is 48.9 Å². The quantitative estimate of drug-likeness (QED) is 0.719. The summed E-state index contributed by atoms with van der Waals surface area (Å²) in [6.45, 7) is 3.42. The lowest BCUT2D eigenvalue weighted by Crippen LogP contribution is -2.19. The first-order chi connectivity index (χ1) is 11.5. The molecular formula is C19H21FN4. The summed E-state index contributed by atoms with van der Waals surface area (Å²) in [5, 5.41) is 0. The molecule has 0 saturated heterocycles. The van der Waals surface area contributed by atoms with Gasteiger partial charge in [0.05, 0.1) is 5.69 Å². The fourth-order valence-corrected chi connectivity index (χ4v) is 2.75. The Labute approximate surface area is 141 Å². The summed E-state index contributed by atoms with van der Waals surface area (Å²) in [7, 11) is 4.03. The second-order valence-electron chi connectivity index (χ2n) is 6.08. The van der Waals surface area contributed by atoms with Crippen LogP contribution < -0.4 is 0 Å². The Morgan fingerprint density at radius 3 is 2.62 bits per heavy atom. The van der Waals surface area contributed by atoms with Gasteiger partial charge in [-0.25, -0.2) is 9.37 Å².